The van der Waals surface area contributed by atoms with Gasteiger partial charge < -0.3 is 14.2 Å². The highest BCUT2D eigenvalue weighted by molar-refractivity contribution is 7.99. The van der Waals surface area contributed by atoms with Crippen LogP contribution >= 0.6 is 11.8 Å². The van der Waals surface area contributed by atoms with E-state index in [9.17, 15) is 18.0 Å². The molecule has 2 aromatic heterocycles. The first-order valence-corrected chi connectivity index (χ1v) is 12.8. The van der Waals surface area contributed by atoms with Gasteiger partial charge in [-0.15, -0.1) is 10.2 Å². The maximum Gasteiger partial charge on any atom is 0.406 e. The maximum atomic E-state index is 13.0. The molecule has 0 radical (unpaired) electrons. The summed E-state index contributed by atoms with van der Waals surface area (Å²) in [5, 5.41) is 9.48. The highest BCUT2D eigenvalue weighted by Gasteiger charge is 2.31. The number of anilines is 1. The molecule has 2 aliphatic heterocycles. The summed E-state index contributed by atoms with van der Waals surface area (Å²) < 4.78 is 47.8. The lowest BCUT2D eigenvalue weighted by molar-refractivity contribution is -0.141. The van der Waals surface area contributed by atoms with E-state index in [1.54, 1.807) is 19.9 Å². The molecule has 0 aliphatic carbocycles. The number of aromatic nitrogens is 4. The second kappa shape index (κ2) is 10.3. The number of hydrogen-bond donors (Lipinski definition) is 0. The molecule has 2 fully saturated rings. The fourth-order valence-corrected chi connectivity index (χ4v) is 5.52. The largest absolute Gasteiger partial charge is 0.406 e. The molecular weight excluding hydrogens is 467 g/mol. The molecule has 0 bridgehead atoms. The second-order valence-corrected chi connectivity index (χ2v) is 10.3. The Balaban J connectivity index is 1.50. The molecule has 2 aliphatic rings. The lowest BCUT2D eigenvalue weighted by Gasteiger charge is -2.31. The first kappa shape index (κ1) is 25.1. The Hall–Kier alpha value is -2.01. The van der Waals surface area contributed by atoms with E-state index in [0.29, 0.717) is 34.6 Å². The fourth-order valence-electron chi connectivity index (χ4n) is 4.70. The summed E-state index contributed by atoms with van der Waals surface area (Å²) in [4.78, 5) is 15.2. The molecule has 0 spiro atoms. The van der Waals surface area contributed by atoms with Gasteiger partial charge in [-0.25, -0.2) is 0 Å². The normalized spacial score (nSPS) is 19.8. The minimum atomic E-state index is -4.34. The van der Waals surface area contributed by atoms with Crippen LogP contribution in [0, 0.1) is 19.8 Å². The van der Waals surface area contributed by atoms with Gasteiger partial charge in [0.25, 0.3) is 0 Å². The maximum absolute atomic E-state index is 13.0. The molecule has 0 N–H and O–H groups in total. The standard InChI is InChI=1S/C23H32F3N5O2S/c1-15-6-8-29(9-7-15)21-27-28-22(30(21)12-18-5-4-10-33-18)34-13-20(32)19-11-16(2)31(17(19)3)14-23(24,25)26/h11,15,18H,4-10,12-14H2,1-3H3. The number of rotatable bonds is 8. The summed E-state index contributed by atoms with van der Waals surface area (Å²) in [5.41, 5.74) is 1.08. The van der Waals surface area contributed by atoms with Crippen LogP contribution in [0.3, 0.4) is 0 Å². The number of nitrogens with zero attached hydrogens (tertiary/aromatic N) is 5. The number of halogens is 3. The zero-order chi connectivity index (χ0) is 24.5. The van der Waals surface area contributed by atoms with Crippen molar-refractivity contribution in [2.24, 2.45) is 5.92 Å². The van der Waals surface area contributed by atoms with Crippen LogP contribution in [0.15, 0.2) is 11.2 Å². The van der Waals surface area contributed by atoms with Gasteiger partial charge in [-0.2, -0.15) is 13.2 Å². The molecule has 11 heteroatoms. The number of ether oxygens (including phenoxy) is 1. The number of aryl methyl sites for hydroxylation is 1. The average molecular weight is 500 g/mol. The van der Waals surface area contributed by atoms with Crippen LogP contribution in [0.1, 0.15) is 54.4 Å². The smallest absolute Gasteiger partial charge is 0.376 e. The van der Waals surface area contributed by atoms with Gasteiger partial charge in [-0.3, -0.25) is 9.36 Å². The molecule has 4 rings (SSSR count). The Morgan fingerprint density at radius 1 is 1.18 bits per heavy atom. The molecule has 2 saturated heterocycles. The highest BCUT2D eigenvalue weighted by Crippen LogP contribution is 2.29. The van der Waals surface area contributed by atoms with Gasteiger partial charge in [-0.05, 0) is 51.5 Å². The molecule has 7 nitrogen and oxygen atoms in total. The SMILES string of the molecule is Cc1cc(C(=O)CSc2nnc(N3CCC(C)CC3)n2CC2CCCO2)c(C)n1CC(F)(F)F. The molecule has 2 aromatic rings. The minimum Gasteiger partial charge on any atom is -0.376 e. The fraction of sp³-hybridized carbons (Fsp3) is 0.696. The van der Waals surface area contributed by atoms with Gasteiger partial charge in [0, 0.05) is 36.6 Å². The molecule has 0 saturated carbocycles. The van der Waals surface area contributed by atoms with E-state index in [2.05, 4.69) is 26.6 Å². The predicted octanol–water partition coefficient (Wildman–Crippen LogP) is 4.65. The first-order valence-electron chi connectivity index (χ1n) is 11.8. The van der Waals surface area contributed by atoms with Crippen LogP contribution < -0.4 is 4.90 Å². The molecule has 1 unspecified atom stereocenters. The summed E-state index contributed by atoms with van der Waals surface area (Å²) in [7, 11) is 0. The van der Waals surface area contributed by atoms with Crippen molar-refractivity contribution in [1.29, 1.82) is 0 Å². The van der Waals surface area contributed by atoms with Gasteiger partial charge >= 0.3 is 6.18 Å². The Morgan fingerprint density at radius 3 is 2.56 bits per heavy atom. The van der Waals surface area contributed by atoms with Crippen molar-refractivity contribution in [3.05, 3.63) is 23.0 Å². The van der Waals surface area contributed by atoms with E-state index in [4.69, 9.17) is 4.74 Å². The van der Waals surface area contributed by atoms with Crippen LogP contribution in [-0.2, 0) is 17.8 Å². The van der Waals surface area contributed by atoms with E-state index < -0.39 is 12.7 Å². The number of thioether (sulfide) groups is 1. The van der Waals surface area contributed by atoms with Gasteiger partial charge in [0.1, 0.15) is 6.54 Å². The highest BCUT2D eigenvalue weighted by atomic mass is 32.2. The number of carbonyl (C=O) groups is 1. The summed E-state index contributed by atoms with van der Waals surface area (Å²) >= 11 is 1.28. The van der Waals surface area contributed by atoms with Crippen LogP contribution in [0.2, 0.25) is 0 Å². The number of hydrogen-bond acceptors (Lipinski definition) is 6. The van der Waals surface area contributed by atoms with Crippen molar-refractivity contribution in [2.45, 2.75) is 77.0 Å². The average Bonchev–Trinajstić information content (AvgIpc) is 3.49. The molecule has 0 aromatic carbocycles. The van der Waals surface area contributed by atoms with Crippen LogP contribution in [0.4, 0.5) is 19.1 Å². The van der Waals surface area contributed by atoms with E-state index >= 15 is 0 Å². The van der Waals surface area contributed by atoms with Gasteiger partial charge in [0.05, 0.1) is 18.4 Å². The topological polar surface area (TPSA) is 65.2 Å². The van der Waals surface area contributed by atoms with Crippen molar-refractivity contribution in [3.63, 3.8) is 0 Å². The van der Waals surface area contributed by atoms with Crippen molar-refractivity contribution >= 4 is 23.5 Å². The summed E-state index contributed by atoms with van der Waals surface area (Å²) in [5.74, 6) is 1.36. The molecule has 1 atom stereocenters. The molecule has 4 heterocycles. The Bertz CT molecular complexity index is 1010. The van der Waals surface area contributed by atoms with Crippen LogP contribution in [-0.4, -0.2) is 62.8 Å². The Labute approximate surface area is 202 Å². The van der Waals surface area contributed by atoms with Crippen molar-refractivity contribution in [1.82, 2.24) is 19.3 Å². The van der Waals surface area contributed by atoms with Gasteiger partial charge in [0.15, 0.2) is 10.9 Å². The summed E-state index contributed by atoms with van der Waals surface area (Å²) in [6.45, 7) is 7.52. The Morgan fingerprint density at radius 2 is 1.91 bits per heavy atom. The third kappa shape index (κ3) is 5.79. The zero-order valence-corrected chi connectivity index (χ0v) is 20.7. The van der Waals surface area contributed by atoms with Crippen molar-refractivity contribution in [2.75, 3.05) is 30.3 Å². The minimum absolute atomic E-state index is 0.0804. The molecular formula is C23H32F3N5O2S. The number of piperidine rings is 1. The molecule has 0 amide bonds. The first-order chi connectivity index (χ1) is 16.1. The quantitative estimate of drug-likeness (QED) is 0.389. The van der Waals surface area contributed by atoms with Gasteiger partial charge in [0.2, 0.25) is 5.95 Å². The number of carbonyl (C=O) groups excluding carboxylic acids is 1. The Kier molecular flexibility index (Phi) is 7.61. The second-order valence-electron chi connectivity index (χ2n) is 9.40. The lowest BCUT2D eigenvalue weighted by Crippen LogP contribution is -2.35. The van der Waals surface area contributed by atoms with E-state index in [1.165, 1.54) is 11.8 Å². The van der Waals surface area contributed by atoms with Crippen LogP contribution in [0.5, 0.6) is 0 Å². The zero-order valence-electron chi connectivity index (χ0n) is 19.9. The van der Waals surface area contributed by atoms with Gasteiger partial charge in [-0.1, -0.05) is 18.7 Å². The van der Waals surface area contributed by atoms with Crippen molar-refractivity contribution < 1.29 is 22.7 Å². The predicted molar refractivity (Wildman–Crippen MR) is 125 cm³/mol. The lowest BCUT2D eigenvalue weighted by atomic mass is 10.00. The number of alkyl halides is 3. The monoisotopic (exact) mass is 499 g/mol. The number of ketones is 1. The van der Waals surface area contributed by atoms with Crippen LogP contribution in [0.25, 0.3) is 0 Å². The third-order valence-electron chi connectivity index (χ3n) is 6.72. The summed E-state index contributed by atoms with van der Waals surface area (Å²) in [6.07, 6.45) is -0.0521. The van der Waals surface area contributed by atoms with Crippen molar-refractivity contribution in [3.8, 4) is 0 Å². The molecule has 34 heavy (non-hydrogen) atoms. The number of Topliss-reactive ketones (excluding diaryl/α,β-unsaturated/α-hetero) is 1. The van der Waals surface area contributed by atoms with E-state index in [0.717, 1.165) is 55.9 Å². The summed E-state index contributed by atoms with van der Waals surface area (Å²) in [6, 6.07) is 1.54. The molecule has 188 valence electrons. The third-order valence-corrected chi connectivity index (χ3v) is 7.68. The van der Waals surface area contributed by atoms with E-state index in [1.807, 2.05) is 0 Å². The van der Waals surface area contributed by atoms with E-state index in [-0.39, 0.29) is 17.6 Å².